The first kappa shape index (κ1) is 15.9. The highest BCUT2D eigenvalue weighted by Crippen LogP contribution is 2.18. The molecule has 0 saturated heterocycles. The number of hydrogen-bond acceptors (Lipinski definition) is 4. The molecule has 124 valence electrons. The van der Waals surface area contributed by atoms with Crippen LogP contribution in [0, 0.1) is 12.7 Å². The summed E-state index contributed by atoms with van der Waals surface area (Å²) >= 11 is 0. The lowest BCUT2D eigenvalue weighted by Gasteiger charge is -2.23. The summed E-state index contributed by atoms with van der Waals surface area (Å²) in [7, 11) is 1.48. The van der Waals surface area contributed by atoms with Crippen LogP contribution in [0.3, 0.4) is 0 Å². The van der Waals surface area contributed by atoms with Gasteiger partial charge in [-0.2, -0.15) is 5.10 Å². The molecule has 3 rings (SSSR count). The smallest absolute Gasteiger partial charge is 0.165 e. The number of ether oxygens (including phenoxy) is 1. The van der Waals surface area contributed by atoms with Crippen molar-refractivity contribution in [2.24, 2.45) is 0 Å². The number of nitrogens with one attached hydrogen (secondary N) is 1. The van der Waals surface area contributed by atoms with Crippen LogP contribution in [0.2, 0.25) is 0 Å². The molecule has 2 heterocycles. The van der Waals surface area contributed by atoms with E-state index < -0.39 is 0 Å². The second kappa shape index (κ2) is 7.08. The SMILES string of the molecule is COc1ccc(CCCN[C@H]2CCc3nc(C)nn3C2)cc1F. The number of benzene rings is 1. The van der Waals surface area contributed by atoms with Crippen LogP contribution in [0.1, 0.15) is 30.1 Å². The highest BCUT2D eigenvalue weighted by atomic mass is 19.1. The molecule has 6 heteroatoms. The Labute approximate surface area is 135 Å². The third-order valence-corrected chi connectivity index (χ3v) is 4.26. The Morgan fingerprint density at radius 1 is 1.43 bits per heavy atom. The molecule has 1 N–H and O–H groups in total. The number of fused-ring (bicyclic) bond motifs is 1. The third kappa shape index (κ3) is 3.88. The molecule has 0 spiro atoms. The normalized spacial score (nSPS) is 17.1. The zero-order valence-electron chi connectivity index (χ0n) is 13.7. The van der Waals surface area contributed by atoms with Crippen molar-refractivity contribution in [1.29, 1.82) is 0 Å². The summed E-state index contributed by atoms with van der Waals surface area (Å²) in [5.41, 5.74) is 1.00. The van der Waals surface area contributed by atoms with Crippen molar-refractivity contribution in [2.45, 2.75) is 45.2 Å². The predicted octanol–water partition coefficient (Wildman–Crippen LogP) is 2.27. The minimum absolute atomic E-state index is 0.292. The maximum Gasteiger partial charge on any atom is 0.165 e. The maximum atomic E-state index is 13.6. The Kier molecular flexibility index (Phi) is 4.91. The largest absolute Gasteiger partial charge is 0.494 e. The quantitative estimate of drug-likeness (QED) is 0.830. The van der Waals surface area contributed by atoms with E-state index in [4.69, 9.17) is 4.74 Å². The second-order valence-corrected chi connectivity index (χ2v) is 6.02. The van der Waals surface area contributed by atoms with Gasteiger partial charge in [-0.25, -0.2) is 14.1 Å². The Morgan fingerprint density at radius 2 is 2.30 bits per heavy atom. The van der Waals surface area contributed by atoms with Crippen molar-refractivity contribution < 1.29 is 9.13 Å². The molecule has 0 bridgehead atoms. The molecule has 1 aromatic heterocycles. The first-order valence-electron chi connectivity index (χ1n) is 8.12. The van der Waals surface area contributed by atoms with Gasteiger partial charge in [-0.1, -0.05) is 6.07 Å². The molecule has 0 amide bonds. The molecule has 2 aromatic rings. The molecular weight excluding hydrogens is 295 g/mol. The Bertz CT molecular complexity index is 671. The van der Waals surface area contributed by atoms with Crippen LogP contribution in [0.5, 0.6) is 5.75 Å². The lowest BCUT2D eigenvalue weighted by molar-refractivity contribution is 0.358. The van der Waals surface area contributed by atoms with E-state index in [9.17, 15) is 4.39 Å². The van der Waals surface area contributed by atoms with Crippen LogP contribution in [0.25, 0.3) is 0 Å². The fourth-order valence-corrected chi connectivity index (χ4v) is 3.06. The van der Waals surface area contributed by atoms with Gasteiger partial charge >= 0.3 is 0 Å². The zero-order valence-corrected chi connectivity index (χ0v) is 13.7. The van der Waals surface area contributed by atoms with E-state index in [-0.39, 0.29) is 5.82 Å². The van der Waals surface area contributed by atoms with Crippen molar-refractivity contribution in [3.63, 3.8) is 0 Å². The number of methoxy groups -OCH3 is 1. The highest BCUT2D eigenvalue weighted by molar-refractivity contribution is 5.29. The van der Waals surface area contributed by atoms with Crippen LogP contribution in [0.4, 0.5) is 4.39 Å². The minimum Gasteiger partial charge on any atom is -0.494 e. The number of aryl methyl sites for hydroxylation is 3. The van der Waals surface area contributed by atoms with Crippen molar-refractivity contribution >= 4 is 0 Å². The standard InChI is InChI=1S/C17H23FN4O/c1-12-20-17-8-6-14(11-22(17)21-12)19-9-3-4-13-5-7-16(23-2)15(18)10-13/h5,7,10,14,19H,3-4,6,8-9,11H2,1-2H3/t14-/m0/s1. The van der Waals surface area contributed by atoms with Gasteiger partial charge in [0, 0.05) is 12.5 Å². The van der Waals surface area contributed by atoms with Gasteiger partial charge in [-0.3, -0.25) is 0 Å². The molecule has 0 aliphatic carbocycles. The molecule has 0 fully saturated rings. The highest BCUT2D eigenvalue weighted by Gasteiger charge is 2.20. The summed E-state index contributed by atoms with van der Waals surface area (Å²) in [6.45, 7) is 3.73. The van der Waals surface area contributed by atoms with E-state index in [1.807, 2.05) is 17.7 Å². The average molecular weight is 318 g/mol. The van der Waals surface area contributed by atoms with E-state index in [1.165, 1.54) is 7.11 Å². The van der Waals surface area contributed by atoms with Gasteiger partial charge in [0.15, 0.2) is 11.6 Å². The van der Waals surface area contributed by atoms with E-state index in [2.05, 4.69) is 15.4 Å². The van der Waals surface area contributed by atoms with Crippen LogP contribution in [-0.4, -0.2) is 34.5 Å². The van der Waals surface area contributed by atoms with Crippen molar-refractivity contribution in [2.75, 3.05) is 13.7 Å². The third-order valence-electron chi connectivity index (χ3n) is 4.26. The van der Waals surface area contributed by atoms with Gasteiger partial charge < -0.3 is 10.1 Å². The molecule has 1 atom stereocenters. The summed E-state index contributed by atoms with van der Waals surface area (Å²) in [6, 6.07) is 5.61. The summed E-state index contributed by atoms with van der Waals surface area (Å²) in [5, 5.41) is 7.99. The average Bonchev–Trinajstić information content (AvgIpc) is 2.91. The first-order valence-corrected chi connectivity index (χ1v) is 8.12. The van der Waals surface area contributed by atoms with Crippen molar-refractivity contribution in [3.8, 4) is 5.75 Å². The van der Waals surface area contributed by atoms with Crippen LogP contribution in [-0.2, 0) is 19.4 Å². The van der Waals surface area contributed by atoms with E-state index in [0.29, 0.717) is 11.8 Å². The summed E-state index contributed by atoms with van der Waals surface area (Å²) in [6.07, 6.45) is 3.90. The predicted molar refractivity (Wildman–Crippen MR) is 86.1 cm³/mol. The van der Waals surface area contributed by atoms with E-state index in [0.717, 1.165) is 56.0 Å². The number of nitrogens with zero attached hydrogens (tertiary/aromatic N) is 3. The monoisotopic (exact) mass is 318 g/mol. The first-order chi connectivity index (χ1) is 11.2. The Morgan fingerprint density at radius 3 is 3.09 bits per heavy atom. The molecule has 0 radical (unpaired) electrons. The van der Waals surface area contributed by atoms with Crippen LogP contribution < -0.4 is 10.1 Å². The van der Waals surface area contributed by atoms with Crippen molar-refractivity contribution in [1.82, 2.24) is 20.1 Å². The Balaban J connectivity index is 1.43. The van der Waals surface area contributed by atoms with Crippen LogP contribution >= 0.6 is 0 Å². The van der Waals surface area contributed by atoms with Gasteiger partial charge in [0.1, 0.15) is 11.6 Å². The molecule has 1 aromatic carbocycles. The summed E-state index contributed by atoms with van der Waals surface area (Å²) in [4.78, 5) is 4.42. The maximum absolute atomic E-state index is 13.6. The fraction of sp³-hybridized carbons (Fsp3) is 0.529. The number of aromatic nitrogens is 3. The molecule has 1 aliphatic heterocycles. The lowest BCUT2D eigenvalue weighted by atomic mass is 10.1. The summed E-state index contributed by atoms with van der Waals surface area (Å²) < 4.78 is 20.6. The zero-order chi connectivity index (χ0) is 16.2. The van der Waals surface area contributed by atoms with E-state index >= 15 is 0 Å². The molecular formula is C17H23FN4O. The molecule has 0 saturated carbocycles. The Hall–Kier alpha value is -1.95. The van der Waals surface area contributed by atoms with E-state index in [1.54, 1.807) is 12.1 Å². The number of rotatable bonds is 6. The summed E-state index contributed by atoms with van der Waals surface area (Å²) in [5.74, 6) is 1.95. The fourth-order valence-electron chi connectivity index (χ4n) is 3.06. The van der Waals surface area contributed by atoms with Crippen LogP contribution in [0.15, 0.2) is 18.2 Å². The molecule has 5 nitrogen and oxygen atoms in total. The lowest BCUT2D eigenvalue weighted by Crippen LogP contribution is -2.38. The van der Waals surface area contributed by atoms with Gasteiger partial charge in [0.25, 0.3) is 0 Å². The number of hydrogen-bond donors (Lipinski definition) is 1. The van der Waals surface area contributed by atoms with Crippen molar-refractivity contribution in [3.05, 3.63) is 41.2 Å². The molecule has 23 heavy (non-hydrogen) atoms. The second-order valence-electron chi connectivity index (χ2n) is 6.02. The van der Waals surface area contributed by atoms with Gasteiger partial charge in [-0.15, -0.1) is 0 Å². The van der Waals surface area contributed by atoms with Gasteiger partial charge in [0.2, 0.25) is 0 Å². The topological polar surface area (TPSA) is 52.0 Å². The molecule has 1 aliphatic rings. The number of halogens is 1. The van der Waals surface area contributed by atoms with Gasteiger partial charge in [0.05, 0.1) is 13.7 Å². The minimum atomic E-state index is -0.292. The molecule has 0 unspecified atom stereocenters. The van der Waals surface area contributed by atoms with Gasteiger partial charge in [-0.05, 0) is 50.4 Å².